The molecular formula is C16H16IN3O. The first kappa shape index (κ1) is 14.3. The van der Waals surface area contributed by atoms with Gasteiger partial charge in [0.05, 0.1) is 17.6 Å². The van der Waals surface area contributed by atoms with Gasteiger partial charge in [-0.15, -0.1) is 0 Å². The minimum Gasteiger partial charge on any atom is -0.306 e. The zero-order chi connectivity index (χ0) is 14.8. The molecule has 0 saturated heterocycles. The fourth-order valence-corrected chi connectivity index (χ4v) is 2.84. The highest BCUT2D eigenvalue weighted by atomic mass is 127. The van der Waals surface area contributed by atoms with Gasteiger partial charge >= 0.3 is 5.69 Å². The number of para-hydroxylation sites is 2. The zero-order valence-corrected chi connectivity index (χ0v) is 13.9. The van der Waals surface area contributed by atoms with E-state index in [-0.39, 0.29) is 5.69 Å². The lowest BCUT2D eigenvalue weighted by atomic mass is 10.1. The van der Waals surface area contributed by atoms with E-state index in [0.717, 1.165) is 23.1 Å². The van der Waals surface area contributed by atoms with Crippen LogP contribution in [0.15, 0.2) is 53.3 Å². The molecule has 1 N–H and O–H groups in total. The molecule has 1 heterocycles. The molecule has 0 saturated carbocycles. The fourth-order valence-electron chi connectivity index (χ4n) is 2.45. The van der Waals surface area contributed by atoms with Crippen LogP contribution < -0.4 is 5.69 Å². The van der Waals surface area contributed by atoms with Crippen LogP contribution in [0, 0.1) is 0 Å². The number of aromatic nitrogens is 2. The molecule has 1 aromatic heterocycles. The lowest BCUT2D eigenvalue weighted by Gasteiger charge is -2.09. The normalized spacial score (nSPS) is 11.4. The molecule has 4 nitrogen and oxygen atoms in total. The summed E-state index contributed by atoms with van der Waals surface area (Å²) in [7, 11) is 2.04. The third-order valence-electron chi connectivity index (χ3n) is 3.45. The van der Waals surface area contributed by atoms with Crippen LogP contribution in [0.4, 0.5) is 0 Å². The number of hydrogen-bond donors (Lipinski definition) is 1. The largest absolute Gasteiger partial charge is 0.326 e. The highest BCUT2D eigenvalue weighted by Gasteiger charge is 2.06. The monoisotopic (exact) mass is 393 g/mol. The Morgan fingerprint density at radius 3 is 2.48 bits per heavy atom. The van der Waals surface area contributed by atoms with Gasteiger partial charge in [0.25, 0.3) is 0 Å². The molecule has 0 amide bonds. The Hall–Kier alpha value is -1.60. The minimum atomic E-state index is -0.0627. The number of fused-ring (bicyclic) bond motifs is 1. The molecule has 21 heavy (non-hydrogen) atoms. The van der Waals surface area contributed by atoms with Crippen molar-refractivity contribution in [3.05, 3.63) is 70.1 Å². The predicted octanol–water partition coefficient (Wildman–Crippen LogP) is 3.16. The lowest BCUT2D eigenvalue weighted by Crippen LogP contribution is -2.17. The summed E-state index contributed by atoms with van der Waals surface area (Å²) in [6, 6.07) is 16.2. The smallest absolute Gasteiger partial charge is 0.306 e. The number of nitrogens with one attached hydrogen (secondary N) is 1. The second-order valence-electron chi connectivity index (χ2n) is 5.11. The van der Waals surface area contributed by atoms with Crippen molar-refractivity contribution in [2.24, 2.45) is 0 Å². The quantitative estimate of drug-likeness (QED) is 0.547. The van der Waals surface area contributed by atoms with E-state index in [1.807, 2.05) is 31.3 Å². The van der Waals surface area contributed by atoms with Crippen molar-refractivity contribution in [3.63, 3.8) is 0 Å². The Balaban J connectivity index is 1.88. The first-order chi connectivity index (χ1) is 10.1. The Labute approximate surface area is 136 Å². The highest BCUT2D eigenvalue weighted by molar-refractivity contribution is 14.1. The summed E-state index contributed by atoms with van der Waals surface area (Å²) in [5.74, 6) is 0. The molecule has 0 spiro atoms. The van der Waals surface area contributed by atoms with Crippen LogP contribution in [-0.2, 0) is 13.1 Å². The number of rotatable bonds is 4. The maximum absolute atomic E-state index is 12.1. The predicted molar refractivity (Wildman–Crippen MR) is 93.6 cm³/mol. The van der Waals surface area contributed by atoms with Gasteiger partial charge < -0.3 is 4.98 Å². The molecule has 0 radical (unpaired) electrons. The van der Waals surface area contributed by atoms with E-state index in [1.54, 1.807) is 4.57 Å². The Morgan fingerprint density at radius 2 is 1.76 bits per heavy atom. The maximum atomic E-state index is 12.1. The Kier molecular flexibility index (Phi) is 4.12. The molecule has 5 heteroatoms. The van der Waals surface area contributed by atoms with E-state index in [4.69, 9.17) is 0 Å². The van der Waals surface area contributed by atoms with Gasteiger partial charge in [0.1, 0.15) is 0 Å². The van der Waals surface area contributed by atoms with Crippen LogP contribution in [0.25, 0.3) is 11.0 Å². The molecule has 0 aliphatic rings. The first-order valence-corrected chi connectivity index (χ1v) is 7.72. The average molecular weight is 393 g/mol. The Morgan fingerprint density at radius 1 is 1.10 bits per heavy atom. The molecule has 0 bridgehead atoms. The highest BCUT2D eigenvalue weighted by Crippen LogP contribution is 2.13. The SMILES string of the molecule is CN(I)Cc1ccc(Cn2c(=O)[nH]c3ccccc32)cc1. The molecule has 0 aliphatic heterocycles. The van der Waals surface area contributed by atoms with Gasteiger partial charge in [-0.3, -0.25) is 4.57 Å². The van der Waals surface area contributed by atoms with Crippen LogP contribution in [0.2, 0.25) is 0 Å². The van der Waals surface area contributed by atoms with Crippen LogP contribution in [0.5, 0.6) is 0 Å². The van der Waals surface area contributed by atoms with Gasteiger partial charge in [-0.1, -0.05) is 36.4 Å². The van der Waals surface area contributed by atoms with E-state index >= 15 is 0 Å². The maximum Gasteiger partial charge on any atom is 0.326 e. The van der Waals surface area contributed by atoms with Crippen LogP contribution in [0.3, 0.4) is 0 Å². The molecule has 3 aromatic rings. The van der Waals surface area contributed by atoms with E-state index in [0.29, 0.717) is 6.54 Å². The van der Waals surface area contributed by atoms with Gasteiger partial charge in [-0.05, 0) is 30.3 Å². The van der Waals surface area contributed by atoms with Crippen molar-refractivity contribution in [1.82, 2.24) is 12.7 Å². The Bertz CT molecular complexity index is 802. The summed E-state index contributed by atoms with van der Waals surface area (Å²) in [6.07, 6.45) is 0. The third kappa shape index (κ3) is 3.19. The van der Waals surface area contributed by atoms with Crippen molar-refractivity contribution in [1.29, 1.82) is 0 Å². The van der Waals surface area contributed by atoms with E-state index < -0.39 is 0 Å². The first-order valence-electron chi connectivity index (χ1n) is 6.76. The summed E-state index contributed by atoms with van der Waals surface area (Å²) < 4.78 is 3.88. The topological polar surface area (TPSA) is 41.0 Å². The van der Waals surface area contributed by atoms with Crippen LogP contribution >= 0.6 is 22.9 Å². The summed E-state index contributed by atoms with van der Waals surface area (Å²) in [4.78, 5) is 14.9. The summed E-state index contributed by atoms with van der Waals surface area (Å²) in [5.41, 5.74) is 4.15. The van der Waals surface area contributed by atoms with Crippen LogP contribution in [0.1, 0.15) is 11.1 Å². The number of halogens is 1. The number of H-pyrrole nitrogens is 1. The fraction of sp³-hybridized carbons (Fsp3) is 0.188. The van der Waals surface area contributed by atoms with Crippen LogP contribution in [-0.4, -0.2) is 19.7 Å². The molecule has 3 rings (SSSR count). The van der Waals surface area contributed by atoms with Crippen molar-refractivity contribution in [2.45, 2.75) is 13.1 Å². The average Bonchev–Trinajstić information content (AvgIpc) is 2.77. The zero-order valence-electron chi connectivity index (χ0n) is 11.7. The lowest BCUT2D eigenvalue weighted by molar-refractivity contribution is 0.610. The second-order valence-corrected chi connectivity index (χ2v) is 6.76. The number of imidazole rings is 1. The van der Waals surface area contributed by atoms with Crippen molar-refractivity contribution in [3.8, 4) is 0 Å². The van der Waals surface area contributed by atoms with Crippen molar-refractivity contribution >= 4 is 33.9 Å². The van der Waals surface area contributed by atoms with Gasteiger partial charge in [-0.25, -0.2) is 7.91 Å². The third-order valence-corrected chi connectivity index (χ3v) is 3.79. The summed E-state index contributed by atoms with van der Waals surface area (Å²) >= 11 is 2.27. The van der Waals surface area contributed by atoms with E-state index in [9.17, 15) is 4.79 Å². The van der Waals surface area contributed by atoms with Gasteiger partial charge in [0.15, 0.2) is 0 Å². The number of aromatic amines is 1. The van der Waals surface area contributed by atoms with Crippen molar-refractivity contribution in [2.75, 3.05) is 7.05 Å². The molecule has 0 atom stereocenters. The molecule has 0 fully saturated rings. The number of hydrogen-bond acceptors (Lipinski definition) is 2. The van der Waals surface area contributed by atoms with Gasteiger partial charge in [-0.2, -0.15) is 0 Å². The molecule has 0 aliphatic carbocycles. The molecule has 2 aromatic carbocycles. The van der Waals surface area contributed by atoms with E-state index in [1.165, 1.54) is 5.56 Å². The molecular weight excluding hydrogens is 377 g/mol. The number of benzene rings is 2. The second kappa shape index (κ2) is 6.03. The molecule has 108 valence electrons. The van der Waals surface area contributed by atoms with Crippen molar-refractivity contribution < 1.29 is 0 Å². The van der Waals surface area contributed by atoms with Gasteiger partial charge in [0, 0.05) is 29.4 Å². The standard InChI is InChI=1S/C16H16IN3O/c1-19(17)10-12-6-8-13(9-7-12)11-20-15-5-3-2-4-14(15)18-16(20)21/h2-9H,10-11H2,1H3,(H,18,21). The van der Waals surface area contributed by atoms with Gasteiger partial charge in [0.2, 0.25) is 0 Å². The summed E-state index contributed by atoms with van der Waals surface area (Å²) in [6.45, 7) is 1.50. The molecule has 0 unspecified atom stereocenters. The van der Waals surface area contributed by atoms with E-state index in [2.05, 4.69) is 55.2 Å². The number of nitrogens with zero attached hydrogens (tertiary/aromatic N) is 2. The minimum absolute atomic E-state index is 0.0627. The summed E-state index contributed by atoms with van der Waals surface area (Å²) in [5, 5.41) is 0.